The second-order valence-corrected chi connectivity index (χ2v) is 11.0. The standard InChI is InChI=1S/C35H40N2O6/c1-3-4-20-42-30-15-14-27(23-25(30)2)33(38)31-32(26-10-8-13-29(24-26)43-28-11-6-5-7-12-28)37(35(40)34(31)39)17-9-16-36-18-21-41-22-19-36/h5-8,10-15,23-24,32,38H,3-4,9,16-22H2,1-2H3/t32-/m0/s1. The molecule has 8 heteroatoms. The van der Waals surface area contributed by atoms with Crippen LogP contribution in [0.15, 0.2) is 78.4 Å². The first kappa shape index (κ1) is 30.3. The van der Waals surface area contributed by atoms with Crippen molar-refractivity contribution < 1.29 is 28.9 Å². The predicted octanol–water partition coefficient (Wildman–Crippen LogP) is 6.11. The number of likely N-dealkylation sites (tertiary alicyclic amines) is 1. The molecule has 2 fully saturated rings. The van der Waals surface area contributed by atoms with Crippen molar-refractivity contribution in [3.8, 4) is 17.2 Å². The zero-order chi connectivity index (χ0) is 30.2. The van der Waals surface area contributed by atoms with E-state index in [1.54, 1.807) is 17.0 Å². The van der Waals surface area contributed by atoms with E-state index in [1.165, 1.54) is 0 Å². The number of morpholine rings is 1. The van der Waals surface area contributed by atoms with Gasteiger partial charge in [0.2, 0.25) is 0 Å². The summed E-state index contributed by atoms with van der Waals surface area (Å²) in [6.07, 6.45) is 2.66. The smallest absolute Gasteiger partial charge is 0.295 e. The molecule has 2 aliphatic heterocycles. The SMILES string of the molecule is CCCCOc1ccc(C(O)=C2C(=O)C(=O)N(CCCN3CCOCC3)[C@H]2c2cccc(Oc3ccccc3)c2)cc1C. The molecule has 2 saturated heterocycles. The van der Waals surface area contributed by atoms with E-state index in [9.17, 15) is 14.7 Å². The number of unbranched alkanes of at least 4 members (excludes halogenated alkanes) is 1. The molecule has 43 heavy (non-hydrogen) atoms. The fourth-order valence-electron chi connectivity index (χ4n) is 5.56. The van der Waals surface area contributed by atoms with Crippen LogP contribution >= 0.6 is 0 Å². The summed E-state index contributed by atoms with van der Waals surface area (Å²) in [6, 6.07) is 21.4. The molecule has 0 spiro atoms. The lowest BCUT2D eigenvalue weighted by molar-refractivity contribution is -0.140. The molecule has 1 amide bonds. The Morgan fingerprint density at radius 2 is 1.70 bits per heavy atom. The molecule has 5 rings (SSSR count). The molecule has 0 radical (unpaired) electrons. The minimum Gasteiger partial charge on any atom is -0.507 e. The summed E-state index contributed by atoms with van der Waals surface area (Å²) in [5.41, 5.74) is 2.08. The van der Waals surface area contributed by atoms with Crippen LogP contribution in [0, 0.1) is 6.92 Å². The van der Waals surface area contributed by atoms with Crippen molar-refractivity contribution >= 4 is 17.4 Å². The molecule has 8 nitrogen and oxygen atoms in total. The topological polar surface area (TPSA) is 88.5 Å². The number of ketones is 1. The molecule has 0 bridgehead atoms. The third-order valence-corrected chi connectivity index (χ3v) is 7.87. The van der Waals surface area contributed by atoms with Gasteiger partial charge in [0.1, 0.15) is 23.0 Å². The molecule has 1 N–H and O–H groups in total. The molecule has 3 aromatic rings. The summed E-state index contributed by atoms with van der Waals surface area (Å²) >= 11 is 0. The molecule has 3 aromatic carbocycles. The Kier molecular flexibility index (Phi) is 10.1. The number of carbonyl (C=O) groups excluding carboxylic acids is 2. The molecular formula is C35H40N2O6. The van der Waals surface area contributed by atoms with Crippen LogP contribution in [0.3, 0.4) is 0 Å². The molecule has 0 aromatic heterocycles. The van der Waals surface area contributed by atoms with E-state index >= 15 is 0 Å². The minimum atomic E-state index is -0.759. The third-order valence-electron chi connectivity index (χ3n) is 7.87. The highest BCUT2D eigenvalue weighted by molar-refractivity contribution is 6.46. The number of hydrogen-bond donors (Lipinski definition) is 1. The maximum absolute atomic E-state index is 13.6. The van der Waals surface area contributed by atoms with Crippen molar-refractivity contribution in [1.82, 2.24) is 9.80 Å². The number of ether oxygens (including phenoxy) is 3. The molecule has 2 aliphatic rings. The van der Waals surface area contributed by atoms with Gasteiger partial charge in [-0.2, -0.15) is 0 Å². The Morgan fingerprint density at radius 1 is 0.930 bits per heavy atom. The lowest BCUT2D eigenvalue weighted by Crippen LogP contribution is -2.38. The van der Waals surface area contributed by atoms with Crippen LogP contribution in [0.2, 0.25) is 0 Å². The van der Waals surface area contributed by atoms with E-state index in [4.69, 9.17) is 14.2 Å². The van der Waals surface area contributed by atoms with Gasteiger partial charge >= 0.3 is 0 Å². The number of rotatable bonds is 12. The van der Waals surface area contributed by atoms with Gasteiger partial charge in [0.05, 0.1) is 31.4 Å². The Morgan fingerprint density at radius 3 is 2.44 bits per heavy atom. The van der Waals surface area contributed by atoms with Crippen LogP contribution in [0.5, 0.6) is 17.2 Å². The first-order valence-corrected chi connectivity index (χ1v) is 15.1. The number of Topliss-reactive ketones (excluding diaryl/α,β-unsaturated/α-hetero) is 1. The average Bonchev–Trinajstić information content (AvgIpc) is 3.28. The summed E-state index contributed by atoms with van der Waals surface area (Å²) in [5, 5.41) is 11.6. The third kappa shape index (κ3) is 7.27. The van der Waals surface area contributed by atoms with E-state index in [0.29, 0.717) is 55.4 Å². The van der Waals surface area contributed by atoms with Crippen LogP contribution < -0.4 is 9.47 Å². The van der Waals surface area contributed by atoms with Crippen molar-refractivity contribution in [3.63, 3.8) is 0 Å². The highest BCUT2D eigenvalue weighted by Gasteiger charge is 2.46. The highest BCUT2D eigenvalue weighted by Crippen LogP contribution is 2.41. The lowest BCUT2D eigenvalue weighted by Gasteiger charge is -2.29. The van der Waals surface area contributed by atoms with E-state index in [0.717, 1.165) is 43.8 Å². The van der Waals surface area contributed by atoms with Crippen LogP contribution in [0.1, 0.15) is 48.9 Å². The van der Waals surface area contributed by atoms with E-state index in [-0.39, 0.29) is 11.3 Å². The van der Waals surface area contributed by atoms with Gasteiger partial charge in [0, 0.05) is 31.7 Å². The summed E-state index contributed by atoms with van der Waals surface area (Å²) in [4.78, 5) is 31.0. The number of para-hydroxylation sites is 1. The monoisotopic (exact) mass is 584 g/mol. The molecule has 0 aliphatic carbocycles. The van der Waals surface area contributed by atoms with E-state index in [2.05, 4.69) is 11.8 Å². The second-order valence-electron chi connectivity index (χ2n) is 11.0. The van der Waals surface area contributed by atoms with Gasteiger partial charge in [0.15, 0.2) is 0 Å². The number of aliphatic hydroxyl groups is 1. The summed E-state index contributed by atoms with van der Waals surface area (Å²) in [7, 11) is 0. The Bertz CT molecular complexity index is 1450. The molecule has 0 saturated carbocycles. The van der Waals surface area contributed by atoms with Gasteiger partial charge < -0.3 is 24.2 Å². The van der Waals surface area contributed by atoms with Crippen LogP contribution in [0.4, 0.5) is 0 Å². The van der Waals surface area contributed by atoms with Crippen molar-refractivity contribution in [2.75, 3.05) is 46.0 Å². The number of hydrogen-bond acceptors (Lipinski definition) is 7. The first-order valence-electron chi connectivity index (χ1n) is 15.1. The number of aliphatic hydroxyl groups excluding tert-OH is 1. The number of aryl methyl sites for hydroxylation is 1. The number of amides is 1. The van der Waals surface area contributed by atoms with Gasteiger partial charge in [-0.3, -0.25) is 14.5 Å². The number of nitrogens with zero attached hydrogens (tertiary/aromatic N) is 2. The minimum absolute atomic E-state index is 0.0762. The van der Waals surface area contributed by atoms with E-state index in [1.807, 2.05) is 67.6 Å². The van der Waals surface area contributed by atoms with Crippen LogP contribution in [0.25, 0.3) is 5.76 Å². The maximum atomic E-state index is 13.6. The Hall–Kier alpha value is -4.14. The Balaban J connectivity index is 1.48. The molecule has 226 valence electrons. The highest BCUT2D eigenvalue weighted by atomic mass is 16.5. The zero-order valence-electron chi connectivity index (χ0n) is 25.0. The zero-order valence-corrected chi connectivity index (χ0v) is 25.0. The molecule has 1 atom stereocenters. The number of benzene rings is 3. The first-order chi connectivity index (χ1) is 21.0. The summed E-state index contributed by atoms with van der Waals surface area (Å²) in [6.45, 7) is 8.86. The normalized spacial score (nSPS) is 18.7. The van der Waals surface area contributed by atoms with Gasteiger partial charge in [-0.05, 0) is 73.4 Å². The molecule has 2 heterocycles. The van der Waals surface area contributed by atoms with Gasteiger partial charge in [-0.15, -0.1) is 0 Å². The van der Waals surface area contributed by atoms with Crippen molar-refractivity contribution in [3.05, 3.63) is 95.1 Å². The fourth-order valence-corrected chi connectivity index (χ4v) is 5.56. The Labute approximate surface area is 253 Å². The van der Waals surface area contributed by atoms with E-state index < -0.39 is 17.7 Å². The summed E-state index contributed by atoms with van der Waals surface area (Å²) in [5.74, 6) is 0.485. The second kappa shape index (κ2) is 14.4. The van der Waals surface area contributed by atoms with Gasteiger partial charge in [-0.25, -0.2) is 0 Å². The predicted molar refractivity (Wildman–Crippen MR) is 165 cm³/mol. The summed E-state index contributed by atoms with van der Waals surface area (Å²) < 4.78 is 17.4. The quantitative estimate of drug-likeness (QED) is 0.119. The van der Waals surface area contributed by atoms with Crippen molar-refractivity contribution in [2.45, 2.75) is 39.2 Å². The molecule has 0 unspecified atom stereocenters. The fraction of sp³-hybridized carbons (Fsp3) is 0.371. The largest absolute Gasteiger partial charge is 0.507 e. The number of carbonyl (C=O) groups is 2. The van der Waals surface area contributed by atoms with Gasteiger partial charge in [-0.1, -0.05) is 43.7 Å². The van der Waals surface area contributed by atoms with Gasteiger partial charge in [0.25, 0.3) is 11.7 Å². The maximum Gasteiger partial charge on any atom is 0.295 e. The lowest BCUT2D eigenvalue weighted by atomic mass is 9.94. The van der Waals surface area contributed by atoms with Crippen LogP contribution in [-0.4, -0.2) is 72.6 Å². The molecular weight excluding hydrogens is 544 g/mol. The van der Waals surface area contributed by atoms with Crippen molar-refractivity contribution in [2.24, 2.45) is 0 Å². The van der Waals surface area contributed by atoms with Crippen LogP contribution in [-0.2, 0) is 14.3 Å². The average molecular weight is 585 g/mol. The van der Waals surface area contributed by atoms with Crippen molar-refractivity contribution in [1.29, 1.82) is 0 Å².